The minimum Gasteiger partial charge on any atom is -0.385 e. The number of carbonyl (C=O) groups is 1. The molecule has 0 aliphatic carbocycles. The van der Waals surface area contributed by atoms with Gasteiger partial charge in [0.1, 0.15) is 0 Å². The van der Waals surface area contributed by atoms with Gasteiger partial charge in [-0.2, -0.15) is 0 Å². The Labute approximate surface area is 138 Å². The number of methoxy groups -OCH3 is 1. The van der Waals surface area contributed by atoms with Gasteiger partial charge in [-0.1, -0.05) is 18.2 Å². The van der Waals surface area contributed by atoms with E-state index >= 15 is 0 Å². The minimum absolute atomic E-state index is 0.119. The van der Waals surface area contributed by atoms with Crippen LogP contribution in [0, 0.1) is 13.8 Å². The molecule has 0 aromatic heterocycles. The Morgan fingerprint density at radius 1 is 1.26 bits per heavy atom. The molecule has 0 heterocycles. The van der Waals surface area contributed by atoms with Gasteiger partial charge < -0.3 is 10.1 Å². The molecule has 130 valence electrons. The van der Waals surface area contributed by atoms with Crippen LogP contribution in [0.25, 0.3) is 0 Å². The molecule has 0 saturated heterocycles. The molecule has 1 aromatic rings. The minimum atomic E-state index is -3.45. The number of hydrogen-bond acceptors (Lipinski definition) is 4. The molecule has 23 heavy (non-hydrogen) atoms. The molecule has 0 atom stereocenters. The van der Waals surface area contributed by atoms with E-state index in [1.165, 1.54) is 4.31 Å². The van der Waals surface area contributed by atoms with Crippen LogP contribution in [0.3, 0.4) is 0 Å². The van der Waals surface area contributed by atoms with Crippen LogP contribution in [-0.4, -0.2) is 47.4 Å². The molecule has 1 amide bonds. The third kappa shape index (κ3) is 6.19. The van der Waals surface area contributed by atoms with Crippen molar-refractivity contribution in [3.05, 3.63) is 29.3 Å². The number of amides is 1. The summed E-state index contributed by atoms with van der Waals surface area (Å²) in [6.45, 7) is 4.96. The van der Waals surface area contributed by atoms with Crippen molar-refractivity contribution < 1.29 is 17.9 Å². The van der Waals surface area contributed by atoms with Gasteiger partial charge in [0.2, 0.25) is 15.9 Å². The lowest BCUT2D eigenvalue weighted by Crippen LogP contribution is -2.35. The maximum Gasteiger partial charge on any atom is 0.232 e. The Kier molecular flexibility index (Phi) is 7.51. The van der Waals surface area contributed by atoms with Crippen molar-refractivity contribution >= 4 is 21.6 Å². The first-order chi connectivity index (χ1) is 10.8. The molecule has 6 nitrogen and oxygen atoms in total. The molecule has 7 heteroatoms. The van der Waals surface area contributed by atoms with Crippen molar-refractivity contribution in [1.29, 1.82) is 0 Å². The molecule has 0 saturated carbocycles. The van der Waals surface area contributed by atoms with E-state index in [4.69, 9.17) is 4.74 Å². The first-order valence-electron chi connectivity index (χ1n) is 7.57. The average molecular weight is 342 g/mol. The van der Waals surface area contributed by atoms with E-state index in [1.807, 2.05) is 32.0 Å². The number of carbonyl (C=O) groups excluding carboxylic acids is 1. The number of rotatable bonds is 9. The lowest BCUT2D eigenvalue weighted by Gasteiger charge is -2.25. The second-order valence-electron chi connectivity index (χ2n) is 5.52. The van der Waals surface area contributed by atoms with Crippen molar-refractivity contribution in [3.8, 4) is 0 Å². The third-order valence-corrected chi connectivity index (χ3v) is 4.64. The summed E-state index contributed by atoms with van der Waals surface area (Å²) in [6, 6.07) is 5.62. The zero-order valence-corrected chi connectivity index (χ0v) is 15.1. The molecular formula is C16H26N2O4S. The normalized spacial score (nSPS) is 11.3. The summed E-state index contributed by atoms with van der Waals surface area (Å²) in [6.07, 6.45) is 2.01. The summed E-state index contributed by atoms with van der Waals surface area (Å²) in [7, 11) is -1.85. The molecule has 1 aromatic carbocycles. The number of para-hydroxylation sites is 1. The molecule has 0 aliphatic heterocycles. The number of nitrogens with one attached hydrogen (secondary N) is 1. The Morgan fingerprint density at radius 2 is 1.87 bits per heavy atom. The van der Waals surface area contributed by atoms with E-state index < -0.39 is 10.0 Å². The molecule has 0 aliphatic rings. The number of ether oxygens (including phenoxy) is 1. The second kappa shape index (κ2) is 8.88. The SMILES string of the molecule is COCCCNC(=O)CCN(c1c(C)cccc1C)S(C)(=O)=O. The maximum atomic E-state index is 12.1. The van der Waals surface area contributed by atoms with E-state index in [1.54, 1.807) is 7.11 Å². The smallest absolute Gasteiger partial charge is 0.232 e. The Morgan fingerprint density at radius 3 is 2.39 bits per heavy atom. The molecule has 0 fully saturated rings. The van der Waals surface area contributed by atoms with Crippen molar-refractivity contribution in [2.75, 3.05) is 37.4 Å². The van der Waals surface area contributed by atoms with Crippen molar-refractivity contribution in [2.45, 2.75) is 26.7 Å². The van der Waals surface area contributed by atoms with Gasteiger partial charge in [-0.05, 0) is 31.4 Å². The van der Waals surface area contributed by atoms with Crippen LogP contribution >= 0.6 is 0 Å². The van der Waals surface area contributed by atoms with Gasteiger partial charge in [-0.15, -0.1) is 0 Å². The fraction of sp³-hybridized carbons (Fsp3) is 0.562. The largest absolute Gasteiger partial charge is 0.385 e. The molecule has 1 rings (SSSR count). The van der Waals surface area contributed by atoms with Gasteiger partial charge in [0.05, 0.1) is 11.9 Å². The standard InChI is InChI=1S/C16H26N2O4S/c1-13-7-5-8-14(2)16(13)18(23(4,20)21)11-9-15(19)17-10-6-12-22-3/h5,7-8H,6,9-12H2,1-4H3,(H,17,19). The van der Waals surface area contributed by atoms with Crippen LogP contribution in [0.1, 0.15) is 24.0 Å². The second-order valence-corrected chi connectivity index (χ2v) is 7.43. The van der Waals surface area contributed by atoms with Gasteiger partial charge in [0, 0.05) is 33.2 Å². The van der Waals surface area contributed by atoms with Crippen LogP contribution in [-0.2, 0) is 19.6 Å². The first-order valence-corrected chi connectivity index (χ1v) is 9.41. The Hall–Kier alpha value is -1.60. The quantitative estimate of drug-likeness (QED) is 0.692. The van der Waals surface area contributed by atoms with E-state index in [-0.39, 0.29) is 18.9 Å². The van der Waals surface area contributed by atoms with E-state index in [2.05, 4.69) is 5.32 Å². The highest BCUT2D eigenvalue weighted by atomic mass is 32.2. The Bertz CT molecular complexity index is 609. The lowest BCUT2D eigenvalue weighted by atomic mass is 10.1. The van der Waals surface area contributed by atoms with Crippen molar-refractivity contribution in [1.82, 2.24) is 5.32 Å². The molecule has 0 radical (unpaired) electrons. The summed E-state index contributed by atoms with van der Waals surface area (Å²) in [5.74, 6) is -0.166. The Balaban J connectivity index is 2.77. The fourth-order valence-electron chi connectivity index (χ4n) is 2.38. The summed E-state index contributed by atoms with van der Waals surface area (Å²) < 4.78 is 30.5. The zero-order chi connectivity index (χ0) is 17.5. The van der Waals surface area contributed by atoms with Crippen LogP contribution in [0.15, 0.2) is 18.2 Å². The molecule has 0 unspecified atom stereocenters. The van der Waals surface area contributed by atoms with Gasteiger partial charge in [0.15, 0.2) is 0 Å². The highest BCUT2D eigenvalue weighted by Gasteiger charge is 2.21. The van der Waals surface area contributed by atoms with E-state index in [9.17, 15) is 13.2 Å². The summed E-state index contributed by atoms with van der Waals surface area (Å²) in [5, 5.41) is 2.76. The fourth-order valence-corrected chi connectivity index (χ4v) is 3.42. The number of benzene rings is 1. The lowest BCUT2D eigenvalue weighted by molar-refractivity contribution is -0.120. The van der Waals surface area contributed by atoms with Gasteiger partial charge in [-0.25, -0.2) is 8.42 Å². The number of nitrogens with zero attached hydrogens (tertiary/aromatic N) is 1. The average Bonchev–Trinajstić information content (AvgIpc) is 2.45. The van der Waals surface area contributed by atoms with Crippen molar-refractivity contribution in [3.63, 3.8) is 0 Å². The number of sulfonamides is 1. The topological polar surface area (TPSA) is 75.7 Å². The molecule has 0 bridgehead atoms. The van der Waals surface area contributed by atoms with Crippen LogP contribution in [0.2, 0.25) is 0 Å². The van der Waals surface area contributed by atoms with Gasteiger partial charge in [-0.3, -0.25) is 9.10 Å². The molecule has 0 spiro atoms. The highest BCUT2D eigenvalue weighted by Crippen LogP contribution is 2.26. The number of anilines is 1. The summed E-state index contributed by atoms with van der Waals surface area (Å²) >= 11 is 0. The van der Waals surface area contributed by atoms with Crippen LogP contribution in [0.5, 0.6) is 0 Å². The predicted molar refractivity (Wildman–Crippen MR) is 92.2 cm³/mol. The summed E-state index contributed by atoms with van der Waals surface area (Å²) in [5.41, 5.74) is 2.40. The predicted octanol–water partition coefficient (Wildman–Crippen LogP) is 1.61. The highest BCUT2D eigenvalue weighted by molar-refractivity contribution is 7.92. The summed E-state index contributed by atoms with van der Waals surface area (Å²) in [4.78, 5) is 11.9. The number of hydrogen-bond donors (Lipinski definition) is 1. The van der Waals surface area contributed by atoms with E-state index in [0.29, 0.717) is 18.8 Å². The van der Waals surface area contributed by atoms with Gasteiger partial charge >= 0.3 is 0 Å². The van der Waals surface area contributed by atoms with Crippen LogP contribution in [0.4, 0.5) is 5.69 Å². The van der Waals surface area contributed by atoms with Crippen molar-refractivity contribution in [2.24, 2.45) is 0 Å². The van der Waals surface area contributed by atoms with E-state index in [0.717, 1.165) is 23.8 Å². The van der Waals surface area contributed by atoms with Gasteiger partial charge in [0.25, 0.3) is 0 Å². The maximum absolute atomic E-state index is 12.1. The third-order valence-electron chi connectivity index (χ3n) is 3.48. The monoisotopic (exact) mass is 342 g/mol. The molecular weight excluding hydrogens is 316 g/mol. The number of aryl methyl sites for hydroxylation is 2. The van der Waals surface area contributed by atoms with Crippen LogP contribution < -0.4 is 9.62 Å². The first kappa shape index (κ1) is 19.4. The zero-order valence-electron chi connectivity index (χ0n) is 14.3. The molecule has 1 N–H and O–H groups in total.